The molecule has 0 amide bonds. The molecule has 6 heteroatoms. The van der Waals surface area contributed by atoms with Gasteiger partial charge in [-0.25, -0.2) is 9.13 Å². The molecule has 0 bridgehead atoms. The van der Waals surface area contributed by atoms with E-state index in [0.717, 1.165) is 24.7 Å². The van der Waals surface area contributed by atoms with Gasteiger partial charge in [0.2, 0.25) is 0 Å². The zero-order chi connectivity index (χ0) is 20.2. The molecule has 30 heavy (non-hydrogen) atoms. The molecule has 0 unspecified atom stereocenters. The Balaban J connectivity index is 0.00000420. The summed E-state index contributed by atoms with van der Waals surface area (Å²) in [5, 5.41) is 0. The number of nitrogens with two attached hydrogens (primary N) is 2. The van der Waals surface area contributed by atoms with Crippen molar-refractivity contribution in [3.05, 3.63) is 47.8 Å². The Morgan fingerprint density at radius 2 is 0.867 bits per heavy atom. The third-order valence-corrected chi connectivity index (χ3v) is 5.50. The minimum atomic E-state index is 0. The predicted octanol–water partition coefficient (Wildman–Crippen LogP) is -1.35. The quantitative estimate of drug-likeness (QED) is 0.242. The van der Waals surface area contributed by atoms with Gasteiger partial charge in [-0.15, -0.1) is 0 Å². The summed E-state index contributed by atoms with van der Waals surface area (Å²) in [7, 11) is 0. The second-order valence-corrected chi connectivity index (χ2v) is 8.18. The molecule has 2 aromatic heterocycles. The monoisotopic (exact) mass is 542 g/mol. The number of unbranched alkanes of at least 4 members (excludes halogenated alkanes) is 9. The summed E-state index contributed by atoms with van der Waals surface area (Å²) >= 11 is 0. The van der Waals surface area contributed by atoms with Crippen LogP contribution in [-0.4, -0.2) is 0 Å². The van der Waals surface area contributed by atoms with Crippen molar-refractivity contribution in [3.8, 4) is 0 Å². The van der Waals surface area contributed by atoms with Crippen LogP contribution in [0.2, 0.25) is 0 Å². The number of hydrogen-bond donors (Lipinski definition) is 2. The number of aromatic nitrogens is 2. The fraction of sp³-hybridized carbons (Fsp3) is 0.583. The van der Waals surface area contributed by atoms with Crippen molar-refractivity contribution in [1.29, 1.82) is 0 Å². The molecule has 2 heterocycles. The molecular weight excluding hydrogens is 504 g/mol. The highest BCUT2D eigenvalue weighted by molar-refractivity contribution is 5.25. The zero-order valence-corrected chi connectivity index (χ0v) is 21.9. The van der Waals surface area contributed by atoms with Crippen LogP contribution in [0.1, 0.15) is 75.3 Å². The van der Waals surface area contributed by atoms with Crippen LogP contribution in [0.25, 0.3) is 0 Å². The maximum atomic E-state index is 6.05. The van der Waals surface area contributed by atoms with Gasteiger partial charge in [-0.05, 0) is 62.8 Å². The first-order valence-electron chi connectivity index (χ1n) is 11.1. The molecule has 0 radical (unpaired) electrons. The Hall–Kier alpha value is -1.14. The summed E-state index contributed by atoms with van der Waals surface area (Å²) in [5.41, 5.74) is 14.6. The molecule has 0 fully saturated rings. The van der Waals surface area contributed by atoms with E-state index in [1.807, 2.05) is 0 Å². The maximum absolute atomic E-state index is 6.05. The number of pyridine rings is 2. The first kappa shape index (κ1) is 28.9. The van der Waals surface area contributed by atoms with Crippen LogP contribution in [0.4, 0.5) is 11.6 Å². The Morgan fingerprint density at radius 1 is 0.567 bits per heavy atom. The SMILES string of the molecule is Cc1cc[n+](CCCCCCCCCCCC[n+]2ccc(C)cc2N)c(N)c1.[Br-].[Br-]. The fourth-order valence-electron chi connectivity index (χ4n) is 3.70. The van der Waals surface area contributed by atoms with Gasteiger partial charge in [-0.1, -0.05) is 38.5 Å². The average molecular weight is 544 g/mol. The van der Waals surface area contributed by atoms with Crippen LogP contribution in [0, 0.1) is 13.8 Å². The van der Waals surface area contributed by atoms with Gasteiger partial charge in [0.25, 0.3) is 11.6 Å². The van der Waals surface area contributed by atoms with E-state index in [2.05, 4.69) is 59.6 Å². The third kappa shape index (κ3) is 11.3. The minimum absolute atomic E-state index is 0. The van der Waals surface area contributed by atoms with Crippen LogP contribution in [0.5, 0.6) is 0 Å². The first-order chi connectivity index (χ1) is 13.6. The van der Waals surface area contributed by atoms with Crippen molar-refractivity contribution in [2.75, 3.05) is 11.5 Å². The van der Waals surface area contributed by atoms with Crippen LogP contribution >= 0.6 is 0 Å². The molecule has 0 atom stereocenters. The molecule has 2 aromatic rings. The second-order valence-electron chi connectivity index (χ2n) is 8.18. The first-order valence-corrected chi connectivity index (χ1v) is 11.1. The van der Waals surface area contributed by atoms with Gasteiger partial charge >= 0.3 is 0 Å². The van der Waals surface area contributed by atoms with Crippen molar-refractivity contribution in [2.45, 2.75) is 91.1 Å². The second kappa shape index (κ2) is 16.5. The van der Waals surface area contributed by atoms with Gasteiger partial charge in [0.05, 0.1) is 25.5 Å². The van der Waals surface area contributed by atoms with Crippen molar-refractivity contribution >= 4 is 11.6 Å². The molecule has 0 spiro atoms. The number of rotatable bonds is 13. The maximum Gasteiger partial charge on any atom is 0.272 e. The molecule has 0 saturated carbocycles. The Bertz CT molecular complexity index is 661. The summed E-state index contributed by atoms with van der Waals surface area (Å²) in [6, 6.07) is 8.36. The van der Waals surface area contributed by atoms with Crippen molar-refractivity contribution in [2.24, 2.45) is 0 Å². The highest BCUT2D eigenvalue weighted by Crippen LogP contribution is 2.11. The molecule has 0 aromatic carbocycles. The van der Waals surface area contributed by atoms with Gasteiger partial charge in [0, 0.05) is 12.1 Å². The van der Waals surface area contributed by atoms with Crippen molar-refractivity contribution < 1.29 is 43.1 Å². The van der Waals surface area contributed by atoms with Gasteiger partial charge in [0.15, 0.2) is 0 Å². The van der Waals surface area contributed by atoms with E-state index in [4.69, 9.17) is 11.5 Å². The molecule has 0 saturated heterocycles. The molecule has 4 N–H and O–H groups in total. The molecule has 2 rings (SSSR count). The van der Waals surface area contributed by atoms with E-state index < -0.39 is 0 Å². The van der Waals surface area contributed by atoms with E-state index in [0.29, 0.717) is 0 Å². The summed E-state index contributed by atoms with van der Waals surface area (Å²) in [6.07, 6.45) is 17.4. The van der Waals surface area contributed by atoms with E-state index >= 15 is 0 Å². The van der Waals surface area contributed by atoms with Crippen molar-refractivity contribution in [3.63, 3.8) is 0 Å². The van der Waals surface area contributed by atoms with E-state index in [1.54, 1.807) is 0 Å². The smallest absolute Gasteiger partial charge is 0.272 e. The lowest BCUT2D eigenvalue weighted by atomic mass is 10.1. The standard InChI is InChI=1S/C24H38N4.2BrH/c1-21-13-17-27(23(25)19-21)15-11-9-7-5-3-4-6-8-10-12-16-28-18-14-22(2)20-24(28)26;;/h13-14,17-20,25-26H,3-12,15-16H2,1-2H3;2*1H. The predicted molar refractivity (Wildman–Crippen MR) is 118 cm³/mol. The molecular formula is C24H40Br2N4. The Labute approximate surface area is 204 Å². The molecule has 0 aliphatic rings. The topological polar surface area (TPSA) is 59.8 Å². The number of halogens is 2. The summed E-state index contributed by atoms with van der Waals surface area (Å²) in [4.78, 5) is 0. The van der Waals surface area contributed by atoms with Crippen LogP contribution < -0.4 is 54.6 Å². The van der Waals surface area contributed by atoms with E-state index in [-0.39, 0.29) is 34.0 Å². The Kier molecular flexibility index (Phi) is 15.9. The summed E-state index contributed by atoms with van der Waals surface area (Å²) in [5.74, 6) is 1.76. The zero-order valence-electron chi connectivity index (χ0n) is 18.8. The molecule has 0 aliphatic heterocycles. The largest absolute Gasteiger partial charge is 1.00 e. The van der Waals surface area contributed by atoms with Gasteiger partial charge in [-0.3, -0.25) is 11.5 Å². The fourth-order valence-corrected chi connectivity index (χ4v) is 3.70. The van der Waals surface area contributed by atoms with Gasteiger partial charge < -0.3 is 34.0 Å². The van der Waals surface area contributed by atoms with Gasteiger partial charge in [0.1, 0.15) is 0 Å². The third-order valence-electron chi connectivity index (χ3n) is 5.50. The van der Waals surface area contributed by atoms with Crippen molar-refractivity contribution in [1.82, 2.24) is 0 Å². The van der Waals surface area contributed by atoms with Crippen LogP contribution in [-0.2, 0) is 13.1 Å². The highest BCUT2D eigenvalue weighted by Gasteiger charge is 2.04. The van der Waals surface area contributed by atoms with Crippen LogP contribution in [0.3, 0.4) is 0 Å². The van der Waals surface area contributed by atoms with Crippen LogP contribution in [0.15, 0.2) is 36.7 Å². The van der Waals surface area contributed by atoms with E-state index in [9.17, 15) is 0 Å². The Morgan fingerprint density at radius 3 is 1.17 bits per heavy atom. The summed E-state index contributed by atoms with van der Waals surface area (Å²) < 4.78 is 4.32. The normalized spacial score (nSPS) is 10.3. The molecule has 170 valence electrons. The molecule has 4 nitrogen and oxygen atoms in total. The summed E-state index contributed by atoms with van der Waals surface area (Å²) in [6.45, 7) is 6.24. The minimum Gasteiger partial charge on any atom is -1.00 e. The van der Waals surface area contributed by atoms with Gasteiger partial charge in [-0.2, -0.15) is 0 Å². The average Bonchev–Trinajstić information content (AvgIpc) is 2.65. The lowest BCUT2D eigenvalue weighted by Crippen LogP contribution is -3.00. The highest BCUT2D eigenvalue weighted by atomic mass is 79.9. The molecule has 0 aliphatic carbocycles. The number of aryl methyl sites for hydroxylation is 4. The number of hydrogen-bond acceptors (Lipinski definition) is 2. The number of anilines is 2. The number of nitrogens with zero attached hydrogens (tertiary/aromatic N) is 2. The van der Waals surface area contributed by atoms with E-state index in [1.165, 1.54) is 75.3 Å². The lowest BCUT2D eigenvalue weighted by molar-refractivity contribution is -0.683. The lowest BCUT2D eigenvalue weighted by Gasteiger charge is -2.05. The number of nitrogen functional groups attached to an aromatic ring is 2.